The highest BCUT2D eigenvalue weighted by Gasteiger charge is 2.24. The maximum Gasteiger partial charge on any atom is 0.243 e. The average molecular weight is 363 g/mol. The molecule has 1 heterocycles. The van der Waals surface area contributed by atoms with Crippen LogP contribution in [0.15, 0.2) is 27.6 Å². The first-order valence-electron chi connectivity index (χ1n) is 8.76. The van der Waals surface area contributed by atoms with Crippen molar-refractivity contribution in [2.75, 3.05) is 7.05 Å². The maximum absolute atomic E-state index is 12.8. The van der Waals surface area contributed by atoms with Gasteiger partial charge in [0, 0.05) is 13.5 Å². The van der Waals surface area contributed by atoms with Gasteiger partial charge in [-0.2, -0.15) is 9.29 Å². The van der Waals surface area contributed by atoms with E-state index in [9.17, 15) is 8.42 Å². The van der Waals surface area contributed by atoms with Crippen LogP contribution < -0.4 is 0 Å². The van der Waals surface area contributed by atoms with Crippen molar-refractivity contribution in [3.05, 3.63) is 41.0 Å². The molecule has 0 unspecified atom stereocenters. The van der Waals surface area contributed by atoms with Crippen molar-refractivity contribution in [2.24, 2.45) is 5.92 Å². The molecule has 0 spiro atoms. The molecular formula is C18H25N3O3S. The molecule has 0 radical (unpaired) electrons. The predicted molar refractivity (Wildman–Crippen MR) is 94.6 cm³/mol. The van der Waals surface area contributed by atoms with Crippen LogP contribution in [0.2, 0.25) is 0 Å². The monoisotopic (exact) mass is 363 g/mol. The zero-order valence-electron chi connectivity index (χ0n) is 15.0. The van der Waals surface area contributed by atoms with E-state index >= 15 is 0 Å². The van der Waals surface area contributed by atoms with Crippen LogP contribution in [0.3, 0.4) is 0 Å². The van der Waals surface area contributed by atoms with E-state index in [1.54, 1.807) is 19.2 Å². The molecule has 7 heteroatoms. The van der Waals surface area contributed by atoms with Gasteiger partial charge in [0.15, 0.2) is 5.82 Å². The van der Waals surface area contributed by atoms with Gasteiger partial charge >= 0.3 is 0 Å². The van der Waals surface area contributed by atoms with E-state index < -0.39 is 10.0 Å². The molecule has 0 fully saturated rings. The van der Waals surface area contributed by atoms with Gasteiger partial charge in [-0.25, -0.2) is 8.42 Å². The summed E-state index contributed by atoms with van der Waals surface area (Å²) < 4.78 is 32.1. The molecule has 0 N–H and O–H groups in total. The highest BCUT2D eigenvalue weighted by Crippen LogP contribution is 2.26. The molecule has 0 amide bonds. The fraction of sp³-hybridized carbons (Fsp3) is 0.556. The minimum absolute atomic E-state index is 0.0775. The van der Waals surface area contributed by atoms with Crippen LogP contribution in [-0.2, 0) is 35.8 Å². The molecule has 6 nitrogen and oxygen atoms in total. The van der Waals surface area contributed by atoms with Gasteiger partial charge in [0.25, 0.3) is 0 Å². The molecule has 0 saturated carbocycles. The molecule has 0 aliphatic heterocycles. The van der Waals surface area contributed by atoms with Crippen molar-refractivity contribution < 1.29 is 12.9 Å². The van der Waals surface area contributed by atoms with Gasteiger partial charge in [-0.3, -0.25) is 0 Å². The lowest BCUT2D eigenvalue weighted by molar-refractivity contribution is 0.333. The average Bonchev–Trinajstić information content (AvgIpc) is 3.20. The summed E-state index contributed by atoms with van der Waals surface area (Å²) in [7, 11) is -2.03. The molecule has 2 aromatic rings. The predicted octanol–water partition coefficient (Wildman–Crippen LogP) is 2.97. The summed E-state index contributed by atoms with van der Waals surface area (Å²) in [6.07, 6.45) is 4.79. The SMILES string of the molecule is CC(C)CCc1noc(CN(C)S(=O)(=O)c2ccc3c(c2)CCC3)n1. The zero-order valence-corrected chi connectivity index (χ0v) is 15.8. The molecule has 0 bridgehead atoms. The maximum atomic E-state index is 12.8. The smallest absolute Gasteiger partial charge is 0.243 e. The number of sulfonamides is 1. The molecule has 1 aliphatic rings. The highest BCUT2D eigenvalue weighted by atomic mass is 32.2. The van der Waals surface area contributed by atoms with Crippen LogP contribution in [0.25, 0.3) is 0 Å². The quantitative estimate of drug-likeness (QED) is 0.756. The third kappa shape index (κ3) is 4.10. The molecule has 25 heavy (non-hydrogen) atoms. The van der Waals surface area contributed by atoms with Crippen LogP contribution in [0, 0.1) is 5.92 Å². The van der Waals surface area contributed by atoms with Gasteiger partial charge in [0.1, 0.15) is 0 Å². The first-order chi connectivity index (χ1) is 11.9. The summed E-state index contributed by atoms with van der Waals surface area (Å²) in [4.78, 5) is 4.63. The number of fused-ring (bicyclic) bond motifs is 1. The number of hydrogen-bond donors (Lipinski definition) is 0. The van der Waals surface area contributed by atoms with E-state index in [-0.39, 0.29) is 6.54 Å². The summed E-state index contributed by atoms with van der Waals surface area (Å²) in [5.74, 6) is 1.52. The fourth-order valence-corrected chi connectivity index (χ4v) is 4.21. The largest absolute Gasteiger partial charge is 0.338 e. The topological polar surface area (TPSA) is 76.3 Å². The number of aromatic nitrogens is 2. The van der Waals surface area contributed by atoms with Crippen molar-refractivity contribution in [2.45, 2.75) is 57.4 Å². The molecule has 1 aromatic heterocycles. The Labute approximate surface area is 149 Å². The molecule has 136 valence electrons. The molecule has 0 atom stereocenters. The Hall–Kier alpha value is -1.73. The third-order valence-electron chi connectivity index (χ3n) is 4.59. The second-order valence-corrected chi connectivity index (χ2v) is 9.13. The molecule has 1 aliphatic carbocycles. The van der Waals surface area contributed by atoms with Crippen molar-refractivity contribution in [1.29, 1.82) is 0 Å². The number of rotatable bonds is 7. The third-order valence-corrected chi connectivity index (χ3v) is 6.39. The van der Waals surface area contributed by atoms with Crippen molar-refractivity contribution in [3.63, 3.8) is 0 Å². The van der Waals surface area contributed by atoms with Crippen molar-refractivity contribution in [1.82, 2.24) is 14.4 Å². The molecule has 3 rings (SSSR count). The Bertz CT molecular complexity index is 843. The minimum atomic E-state index is -3.57. The summed E-state index contributed by atoms with van der Waals surface area (Å²) >= 11 is 0. The van der Waals surface area contributed by atoms with Gasteiger partial charge in [-0.1, -0.05) is 25.1 Å². The lowest BCUT2D eigenvalue weighted by Gasteiger charge is -2.15. The van der Waals surface area contributed by atoms with Crippen LogP contribution in [0.5, 0.6) is 0 Å². The van der Waals surface area contributed by atoms with Gasteiger partial charge in [0.2, 0.25) is 15.9 Å². The number of hydrogen-bond acceptors (Lipinski definition) is 5. The van der Waals surface area contributed by atoms with E-state index in [1.807, 2.05) is 6.07 Å². The normalized spacial score (nSPS) is 14.4. The summed E-state index contributed by atoms with van der Waals surface area (Å²) in [5, 5.41) is 3.94. The number of benzene rings is 1. The summed E-state index contributed by atoms with van der Waals surface area (Å²) in [6, 6.07) is 5.42. The van der Waals surface area contributed by atoms with Gasteiger partial charge in [0.05, 0.1) is 11.4 Å². The van der Waals surface area contributed by atoms with E-state index in [2.05, 4.69) is 24.0 Å². The second-order valence-electron chi connectivity index (χ2n) is 7.08. The van der Waals surface area contributed by atoms with Gasteiger partial charge in [-0.05, 0) is 54.9 Å². The number of nitrogens with zero attached hydrogens (tertiary/aromatic N) is 3. The molecule has 0 saturated heterocycles. The van der Waals surface area contributed by atoms with Crippen LogP contribution in [0.1, 0.15) is 49.5 Å². The Kier molecular flexibility index (Phi) is 5.24. The van der Waals surface area contributed by atoms with E-state index in [0.717, 1.165) is 37.7 Å². The van der Waals surface area contributed by atoms with Crippen molar-refractivity contribution >= 4 is 10.0 Å². The van der Waals surface area contributed by atoms with Crippen molar-refractivity contribution in [3.8, 4) is 0 Å². The van der Waals surface area contributed by atoms with E-state index in [1.165, 1.54) is 9.87 Å². The summed E-state index contributed by atoms with van der Waals surface area (Å²) in [6.45, 7) is 4.35. The molecule has 1 aromatic carbocycles. The Morgan fingerprint density at radius 2 is 2.00 bits per heavy atom. The zero-order chi connectivity index (χ0) is 18.0. The lowest BCUT2D eigenvalue weighted by Crippen LogP contribution is -2.26. The molecular weight excluding hydrogens is 338 g/mol. The Balaban J connectivity index is 1.70. The summed E-state index contributed by atoms with van der Waals surface area (Å²) in [5.41, 5.74) is 2.40. The van der Waals surface area contributed by atoms with Crippen LogP contribution in [-0.4, -0.2) is 29.9 Å². The van der Waals surface area contributed by atoms with Gasteiger partial charge in [-0.15, -0.1) is 0 Å². The first kappa shape index (κ1) is 18.1. The van der Waals surface area contributed by atoms with Crippen LogP contribution in [0.4, 0.5) is 0 Å². The number of aryl methyl sites for hydroxylation is 3. The standard InChI is InChI=1S/C18H25N3O3S/c1-13(2)7-10-17-19-18(24-20-17)12-21(3)25(22,23)16-9-8-14-5-4-6-15(14)11-16/h8-9,11,13H,4-7,10,12H2,1-3H3. The first-order valence-corrected chi connectivity index (χ1v) is 10.2. The highest BCUT2D eigenvalue weighted by molar-refractivity contribution is 7.89. The second kappa shape index (κ2) is 7.25. The minimum Gasteiger partial charge on any atom is -0.338 e. The Morgan fingerprint density at radius 3 is 2.76 bits per heavy atom. The van der Waals surface area contributed by atoms with E-state index in [0.29, 0.717) is 22.5 Å². The lowest BCUT2D eigenvalue weighted by atomic mass is 10.1. The van der Waals surface area contributed by atoms with E-state index in [4.69, 9.17) is 4.52 Å². The van der Waals surface area contributed by atoms with Gasteiger partial charge < -0.3 is 4.52 Å². The van der Waals surface area contributed by atoms with Crippen LogP contribution >= 0.6 is 0 Å². The Morgan fingerprint density at radius 1 is 1.24 bits per heavy atom. The fourth-order valence-electron chi connectivity index (χ4n) is 3.04.